The van der Waals surface area contributed by atoms with Crippen LogP contribution in [-0.4, -0.2) is 38.4 Å². The lowest BCUT2D eigenvalue weighted by Crippen LogP contribution is -2.36. The van der Waals surface area contributed by atoms with Gasteiger partial charge < -0.3 is 18.8 Å². The number of anilines is 1. The van der Waals surface area contributed by atoms with E-state index in [1.165, 1.54) is 6.07 Å². The van der Waals surface area contributed by atoms with Crippen molar-refractivity contribution >= 4 is 28.9 Å². The fraction of sp³-hybridized carbons (Fsp3) is 0.389. The normalized spacial score (nSPS) is 14.8. The lowest BCUT2D eigenvalue weighted by atomic mass is 9.99. The highest BCUT2D eigenvalue weighted by Gasteiger charge is 2.17. The number of hydrogen-bond donors (Lipinski definition) is 0. The molecule has 1 aliphatic heterocycles. The maximum absolute atomic E-state index is 12.4. The Labute approximate surface area is 139 Å². The lowest BCUT2D eigenvalue weighted by Gasteiger charge is -2.27. The molecule has 0 amide bonds. The average molecular weight is 329 g/mol. The number of fused-ring (bicyclic) bond motifs is 1. The molecule has 2 heterocycles. The van der Waals surface area contributed by atoms with E-state index in [0.717, 1.165) is 11.1 Å². The van der Waals surface area contributed by atoms with Crippen molar-refractivity contribution < 1.29 is 18.7 Å². The standard InChI is InChI=1S/C18H19NO5/c1-12-13(10-14(21)4-7-20)2-3-15-16(22)11-17(24-18(12)15)19-5-8-23-9-6-19/h2-3,7,11H,4-6,8-10H2,1H3. The van der Waals surface area contributed by atoms with Gasteiger partial charge in [-0.3, -0.25) is 9.59 Å². The molecular formula is C18H19NO5. The Balaban J connectivity index is 2.03. The molecule has 0 saturated carbocycles. The molecule has 0 spiro atoms. The molecule has 3 rings (SSSR count). The van der Waals surface area contributed by atoms with Crippen molar-refractivity contribution in [3.05, 3.63) is 39.5 Å². The summed E-state index contributed by atoms with van der Waals surface area (Å²) in [6.45, 7) is 4.37. The first-order valence-electron chi connectivity index (χ1n) is 7.94. The van der Waals surface area contributed by atoms with Crippen molar-refractivity contribution in [2.75, 3.05) is 31.2 Å². The number of carbonyl (C=O) groups is 2. The third-order valence-electron chi connectivity index (χ3n) is 4.27. The summed E-state index contributed by atoms with van der Waals surface area (Å²) in [6, 6.07) is 4.94. The average Bonchev–Trinajstić information content (AvgIpc) is 2.58. The Morgan fingerprint density at radius 3 is 2.75 bits per heavy atom. The van der Waals surface area contributed by atoms with Gasteiger partial charge in [0.1, 0.15) is 17.7 Å². The minimum atomic E-state index is -0.154. The predicted molar refractivity (Wildman–Crippen MR) is 89.6 cm³/mol. The smallest absolute Gasteiger partial charge is 0.200 e. The van der Waals surface area contributed by atoms with Crippen LogP contribution in [-0.2, 0) is 20.7 Å². The number of aldehydes is 1. The van der Waals surface area contributed by atoms with Gasteiger partial charge in [0.25, 0.3) is 0 Å². The van der Waals surface area contributed by atoms with Crippen molar-refractivity contribution in [2.24, 2.45) is 0 Å². The number of rotatable bonds is 5. The Kier molecular flexibility index (Phi) is 4.76. The number of morpholine rings is 1. The number of benzene rings is 1. The van der Waals surface area contributed by atoms with Crippen molar-refractivity contribution in [2.45, 2.75) is 19.8 Å². The van der Waals surface area contributed by atoms with Crippen LogP contribution < -0.4 is 10.3 Å². The van der Waals surface area contributed by atoms with Crippen LogP contribution in [0.25, 0.3) is 11.0 Å². The van der Waals surface area contributed by atoms with Gasteiger partial charge in [-0.25, -0.2) is 0 Å². The van der Waals surface area contributed by atoms with Crippen molar-refractivity contribution in [3.8, 4) is 0 Å². The van der Waals surface area contributed by atoms with Crippen LogP contribution in [0.15, 0.2) is 27.4 Å². The molecule has 0 atom stereocenters. The monoisotopic (exact) mass is 329 g/mol. The Morgan fingerprint density at radius 1 is 1.29 bits per heavy atom. The molecule has 0 unspecified atom stereocenters. The number of ether oxygens (including phenoxy) is 1. The minimum Gasteiger partial charge on any atom is -0.440 e. The van der Waals surface area contributed by atoms with Gasteiger partial charge in [-0.2, -0.15) is 0 Å². The fourth-order valence-corrected chi connectivity index (χ4v) is 2.89. The Bertz CT molecular complexity index is 833. The van der Waals surface area contributed by atoms with E-state index in [1.54, 1.807) is 12.1 Å². The largest absolute Gasteiger partial charge is 0.440 e. The second-order valence-electron chi connectivity index (χ2n) is 5.86. The highest BCUT2D eigenvalue weighted by atomic mass is 16.5. The highest BCUT2D eigenvalue weighted by molar-refractivity contribution is 5.92. The third kappa shape index (κ3) is 3.23. The lowest BCUT2D eigenvalue weighted by molar-refractivity contribution is -0.121. The van der Waals surface area contributed by atoms with E-state index in [1.807, 2.05) is 11.8 Å². The SMILES string of the molecule is Cc1c(CC(=O)CC=O)ccc2c(=O)cc(N3CCOCC3)oc12. The van der Waals surface area contributed by atoms with E-state index >= 15 is 0 Å². The van der Waals surface area contributed by atoms with E-state index in [0.29, 0.717) is 49.4 Å². The number of Topliss-reactive ketones (excluding diaryl/α,β-unsaturated/α-hetero) is 1. The zero-order valence-corrected chi connectivity index (χ0v) is 13.5. The molecule has 6 nitrogen and oxygen atoms in total. The van der Waals surface area contributed by atoms with Crippen LogP contribution in [0.3, 0.4) is 0 Å². The van der Waals surface area contributed by atoms with Gasteiger partial charge in [0.2, 0.25) is 0 Å². The second-order valence-corrected chi connectivity index (χ2v) is 5.86. The molecule has 0 N–H and O–H groups in total. The summed E-state index contributed by atoms with van der Waals surface area (Å²) < 4.78 is 11.3. The van der Waals surface area contributed by atoms with E-state index in [4.69, 9.17) is 9.15 Å². The molecule has 6 heteroatoms. The summed E-state index contributed by atoms with van der Waals surface area (Å²) in [7, 11) is 0. The first-order valence-corrected chi connectivity index (χ1v) is 7.94. The molecule has 0 aliphatic carbocycles. The first kappa shape index (κ1) is 16.4. The van der Waals surface area contributed by atoms with Crippen LogP contribution in [0.5, 0.6) is 0 Å². The summed E-state index contributed by atoms with van der Waals surface area (Å²) in [5.74, 6) is 0.370. The Hall–Kier alpha value is -2.47. The highest BCUT2D eigenvalue weighted by Crippen LogP contribution is 2.25. The zero-order chi connectivity index (χ0) is 17.1. The first-order chi connectivity index (χ1) is 11.6. The number of aryl methyl sites for hydroxylation is 1. The molecule has 1 aromatic carbocycles. The molecule has 2 aromatic rings. The third-order valence-corrected chi connectivity index (χ3v) is 4.27. The molecular weight excluding hydrogens is 310 g/mol. The van der Waals surface area contributed by atoms with Crippen molar-refractivity contribution in [1.29, 1.82) is 0 Å². The van der Waals surface area contributed by atoms with Crippen molar-refractivity contribution in [3.63, 3.8) is 0 Å². The summed E-state index contributed by atoms with van der Waals surface area (Å²) in [5.41, 5.74) is 1.93. The molecule has 0 radical (unpaired) electrons. The van der Waals surface area contributed by atoms with Gasteiger partial charge in [0.05, 0.1) is 25.0 Å². The van der Waals surface area contributed by atoms with E-state index in [9.17, 15) is 14.4 Å². The molecule has 126 valence electrons. The summed E-state index contributed by atoms with van der Waals surface area (Å²) in [6.07, 6.45) is 0.663. The minimum absolute atomic E-state index is 0.102. The van der Waals surface area contributed by atoms with Gasteiger partial charge >= 0.3 is 0 Å². The summed E-state index contributed by atoms with van der Waals surface area (Å²) in [5, 5.41) is 0.496. The molecule has 1 fully saturated rings. The van der Waals surface area contributed by atoms with E-state index in [-0.39, 0.29) is 24.1 Å². The van der Waals surface area contributed by atoms with Crippen LogP contribution in [0, 0.1) is 6.92 Å². The van der Waals surface area contributed by atoms with Crippen molar-refractivity contribution in [1.82, 2.24) is 0 Å². The fourth-order valence-electron chi connectivity index (χ4n) is 2.89. The van der Waals surface area contributed by atoms with Gasteiger partial charge in [-0.05, 0) is 24.1 Å². The molecule has 0 bridgehead atoms. The number of carbonyl (C=O) groups excluding carboxylic acids is 2. The molecule has 1 aliphatic rings. The van der Waals surface area contributed by atoms with Crippen LogP contribution >= 0.6 is 0 Å². The summed E-state index contributed by atoms with van der Waals surface area (Å²) in [4.78, 5) is 36.6. The quantitative estimate of drug-likeness (QED) is 0.613. The maximum Gasteiger partial charge on any atom is 0.200 e. The van der Waals surface area contributed by atoms with E-state index < -0.39 is 0 Å². The predicted octanol–water partition coefficient (Wildman–Crippen LogP) is 1.64. The van der Waals surface area contributed by atoms with Gasteiger partial charge in [0, 0.05) is 25.6 Å². The second kappa shape index (κ2) is 6.97. The number of hydrogen-bond acceptors (Lipinski definition) is 6. The molecule has 24 heavy (non-hydrogen) atoms. The van der Waals surface area contributed by atoms with Crippen LogP contribution in [0.1, 0.15) is 17.5 Å². The molecule has 1 aromatic heterocycles. The molecule has 1 saturated heterocycles. The van der Waals surface area contributed by atoms with E-state index in [2.05, 4.69) is 0 Å². The number of nitrogens with zero attached hydrogens (tertiary/aromatic N) is 1. The van der Waals surface area contributed by atoms with Crippen LogP contribution in [0.2, 0.25) is 0 Å². The van der Waals surface area contributed by atoms with Gasteiger partial charge in [-0.15, -0.1) is 0 Å². The maximum atomic E-state index is 12.4. The van der Waals surface area contributed by atoms with Gasteiger partial charge in [-0.1, -0.05) is 6.07 Å². The summed E-state index contributed by atoms with van der Waals surface area (Å²) >= 11 is 0. The zero-order valence-electron chi connectivity index (χ0n) is 13.5. The van der Waals surface area contributed by atoms with Gasteiger partial charge in [0.15, 0.2) is 11.3 Å². The van der Waals surface area contributed by atoms with Crippen LogP contribution in [0.4, 0.5) is 5.88 Å². The number of ketones is 1. The Morgan fingerprint density at radius 2 is 2.04 bits per heavy atom. The topological polar surface area (TPSA) is 76.8 Å².